The number of hydrogen-bond donors (Lipinski definition) is 1. The van der Waals surface area contributed by atoms with Crippen LogP contribution in [0.1, 0.15) is 16.1 Å². The predicted molar refractivity (Wildman–Crippen MR) is 103 cm³/mol. The molecule has 3 aromatic rings. The summed E-state index contributed by atoms with van der Waals surface area (Å²) in [5.41, 5.74) is 9.01. The third-order valence-corrected chi connectivity index (χ3v) is 4.46. The predicted octanol–water partition coefficient (Wildman–Crippen LogP) is 1.90. The highest BCUT2D eigenvalue weighted by Gasteiger charge is 2.34. The van der Waals surface area contributed by atoms with Gasteiger partial charge in [0, 0.05) is 11.8 Å². The Balaban J connectivity index is 1.73. The van der Waals surface area contributed by atoms with Crippen LogP contribution in [0.5, 0.6) is 11.6 Å². The van der Waals surface area contributed by atoms with Crippen LogP contribution in [0.2, 0.25) is 0 Å². The van der Waals surface area contributed by atoms with Crippen LogP contribution < -0.4 is 20.1 Å². The monoisotopic (exact) mass is 378 g/mol. The number of anilines is 1. The van der Waals surface area contributed by atoms with Crippen LogP contribution in [0.3, 0.4) is 0 Å². The van der Waals surface area contributed by atoms with Crippen LogP contribution in [-0.4, -0.2) is 39.9 Å². The van der Waals surface area contributed by atoms with Gasteiger partial charge in [0.05, 0.1) is 55.9 Å². The number of ether oxygens (including phenoxy) is 2. The highest BCUT2D eigenvalue weighted by Crippen LogP contribution is 2.36. The van der Waals surface area contributed by atoms with E-state index in [-0.39, 0.29) is 12.6 Å². The van der Waals surface area contributed by atoms with E-state index < -0.39 is 0 Å². The van der Waals surface area contributed by atoms with E-state index in [9.17, 15) is 4.79 Å². The molecule has 3 aromatic heterocycles. The SMILES string of the molecule is C=C1c2nc(-c3cnc(OC)c(OC)c3)ccc2C(=O)N1c1cnn(CN)c1. The molecule has 0 aliphatic carbocycles. The van der Waals surface area contributed by atoms with Crippen LogP contribution in [0.15, 0.2) is 43.4 Å². The summed E-state index contributed by atoms with van der Waals surface area (Å²) in [7, 11) is 3.06. The first-order chi connectivity index (χ1) is 13.6. The lowest BCUT2D eigenvalue weighted by Crippen LogP contribution is -2.21. The largest absolute Gasteiger partial charge is 0.491 e. The van der Waals surface area contributed by atoms with E-state index in [1.165, 1.54) is 16.7 Å². The molecule has 0 saturated carbocycles. The number of rotatable bonds is 5. The first kappa shape index (κ1) is 17.7. The van der Waals surface area contributed by atoms with Crippen molar-refractivity contribution in [3.8, 4) is 22.9 Å². The molecule has 0 atom stereocenters. The lowest BCUT2D eigenvalue weighted by molar-refractivity contribution is 0.101. The van der Waals surface area contributed by atoms with Crippen LogP contribution in [0, 0.1) is 0 Å². The molecule has 0 aromatic carbocycles. The van der Waals surface area contributed by atoms with Crippen LogP contribution in [-0.2, 0) is 6.67 Å². The van der Waals surface area contributed by atoms with Crippen LogP contribution >= 0.6 is 0 Å². The van der Waals surface area contributed by atoms with Gasteiger partial charge in [-0.05, 0) is 18.2 Å². The molecule has 9 nitrogen and oxygen atoms in total. The first-order valence-corrected chi connectivity index (χ1v) is 8.43. The van der Waals surface area contributed by atoms with Gasteiger partial charge < -0.3 is 15.2 Å². The molecular formula is C19H18N6O3. The van der Waals surface area contributed by atoms with E-state index in [4.69, 9.17) is 15.2 Å². The van der Waals surface area contributed by atoms with Crippen molar-refractivity contribution < 1.29 is 14.3 Å². The molecule has 0 bridgehead atoms. The molecule has 1 aliphatic rings. The number of amides is 1. The lowest BCUT2D eigenvalue weighted by Gasteiger charge is -2.14. The van der Waals surface area contributed by atoms with E-state index >= 15 is 0 Å². The zero-order chi connectivity index (χ0) is 19.8. The average molecular weight is 378 g/mol. The first-order valence-electron chi connectivity index (χ1n) is 8.43. The highest BCUT2D eigenvalue weighted by molar-refractivity contribution is 6.21. The smallest absolute Gasteiger partial charge is 0.265 e. The fraction of sp³-hybridized carbons (Fsp3) is 0.158. The van der Waals surface area contributed by atoms with Gasteiger partial charge in [-0.2, -0.15) is 5.10 Å². The minimum Gasteiger partial charge on any atom is -0.491 e. The zero-order valence-corrected chi connectivity index (χ0v) is 15.4. The fourth-order valence-electron chi connectivity index (χ4n) is 3.07. The molecule has 1 aliphatic heterocycles. The van der Waals surface area contributed by atoms with Gasteiger partial charge in [-0.1, -0.05) is 6.58 Å². The molecule has 4 heterocycles. The van der Waals surface area contributed by atoms with Crippen LogP contribution in [0.4, 0.5) is 5.69 Å². The third kappa shape index (κ3) is 2.69. The Kier molecular flexibility index (Phi) is 4.28. The van der Waals surface area contributed by atoms with E-state index in [1.54, 1.807) is 43.9 Å². The van der Waals surface area contributed by atoms with Gasteiger partial charge in [-0.3, -0.25) is 14.4 Å². The Morgan fingerprint density at radius 2 is 2.04 bits per heavy atom. The number of nitrogens with zero attached hydrogens (tertiary/aromatic N) is 5. The number of fused-ring (bicyclic) bond motifs is 1. The second-order valence-electron chi connectivity index (χ2n) is 6.04. The molecule has 0 fully saturated rings. The normalized spacial score (nSPS) is 13.0. The average Bonchev–Trinajstić information content (AvgIpc) is 3.30. The van der Waals surface area contributed by atoms with Crippen molar-refractivity contribution in [2.45, 2.75) is 6.67 Å². The quantitative estimate of drug-likeness (QED) is 0.722. The summed E-state index contributed by atoms with van der Waals surface area (Å²) in [6.45, 7) is 4.27. The van der Waals surface area contributed by atoms with E-state index in [0.29, 0.717) is 40.0 Å². The minimum atomic E-state index is -0.207. The van der Waals surface area contributed by atoms with Crippen LogP contribution in [0.25, 0.3) is 17.0 Å². The Morgan fingerprint density at radius 3 is 2.71 bits per heavy atom. The second kappa shape index (κ2) is 6.78. The van der Waals surface area contributed by atoms with E-state index in [2.05, 4.69) is 21.6 Å². The van der Waals surface area contributed by atoms with Gasteiger partial charge in [0.2, 0.25) is 0 Å². The molecular weight excluding hydrogens is 360 g/mol. The van der Waals surface area contributed by atoms with Gasteiger partial charge in [-0.15, -0.1) is 0 Å². The molecule has 9 heteroatoms. The van der Waals surface area contributed by atoms with Gasteiger partial charge in [0.1, 0.15) is 5.69 Å². The number of nitrogens with two attached hydrogens (primary N) is 1. The Bertz CT molecular complexity index is 1090. The molecule has 1 amide bonds. The number of methoxy groups -OCH3 is 2. The summed E-state index contributed by atoms with van der Waals surface area (Å²) in [4.78, 5) is 23.2. The maximum atomic E-state index is 12.8. The highest BCUT2D eigenvalue weighted by atomic mass is 16.5. The van der Waals surface area contributed by atoms with Crippen molar-refractivity contribution in [1.29, 1.82) is 0 Å². The van der Waals surface area contributed by atoms with Gasteiger partial charge >= 0.3 is 0 Å². The summed E-state index contributed by atoms with van der Waals surface area (Å²) in [5.74, 6) is 0.671. The lowest BCUT2D eigenvalue weighted by atomic mass is 10.1. The summed E-state index contributed by atoms with van der Waals surface area (Å²) in [5, 5.41) is 4.11. The van der Waals surface area contributed by atoms with Gasteiger partial charge in [-0.25, -0.2) is 9.97 Å². The Morgan fingerprint density at radius 1 is 1.21 bits per heavy atom. The topological polar surface area (TPSA) is 108 Å². The molecule has 2 N–H and O–H groups in total. The molecule has 28 heavy (non-hydrogen) atoms. The molecule has 142 valence electrons. The van der Waals surface area contributed by atoms with Crippen molar-refractivity contribution in [3.63, 3.8) is 0 Å². The molecule has 0 unspecified atom stereocenters. The summed E-state index contributed by atoms with van der Waals surface area (Å²) < 4.78 is 12.0. The number of hydrogen-bond acceptors (Lipinski definition) is 7. The van der Waals surface area contributed by atoms with Crippen molar-refractivity contribution in [2.75, 3.05) is 19.1 Å². The Labute approximate surface area is 161 Å². The molecule has 0 spiro atoms. The van der Waals surface area contributed by atoms with E-state index in [0.717, 1.165) is 5.56 Å². The molecule has 0 radical (unpaired) electrons. The summed E-state index contributed by atoms with van der Waals surface area (Å²) >= 11 is 0. The fourth-order valence-corrected chi connectivity index (χ4v) is 3.07. The summed E-state index contributed by atoms with van der Waals surface area (Å²) in [6, 6.07) is 5.28. The third-order valence-electron chi connectivity index (χ3n) is 4.46. The second-order valence-corrected chi connectivity index (χ2v) is 6.04. The molecule has 0 saturated heterocycles. The van der Waals surface area contributed by atoms with Crippen molar-refractivity contribution in [1.82, 2.24) is 19.7 Å². The zero-order valence-electron chi connectivity index (χ0n) is 15.4. The number of aromatic nitrogens is 4. The minimum absolute atomic E-state index is 0.207. The standard InChI is InChI=1S/C19H18N6O3/c1-11-17-14(19(26)25(11)13-8-22-24(9-13)10-20)4-5-15(23-17)12-6-16(27-2)18(28-3)21-7-12/h4-9H,1,10,20H2,2-3H3. The Hall–Kier alpha value is -3.72. The van der Waals surface area contributed by atoms with Crippen molar-refractivity contribution in [3.05, 3.63) is 54.6 Å². The maximum Gasteiger partial charge on any atom is 0.265 e. The van der Waals surface area contributed by atoms with Crippen molar-refractivity contribution >= 4 is 17.3 Å². The van der Waals surface area contributed by atoms with Gasteiger partial charge in [0.15, 0.2) is 5.75 Å². The number of carbonyl (C=O) groups is 1. The van der Waals surface area contributed by atoms with Gasteiger partial charge in [0.25, 0.3) is 11.8 Å². The number of pyridine rings is 2. The summed E-state index contributed by atoms with van der Waals surface area (Å²) in [6.07, 6.45) is 4.90. The van der Waals surface area contributed by atoms with E-state index in [1.807, 2.05) is 0 Å². The number of carbonyl (C=O) groups excluding carboxylic acids is 1. The molecule has 4 rings (SSSR count). The maximum absolute atomic E-state index is 12.8. The van der Waals surface area contributed by atoms with Crippen molar-refractivity contribution in [2.24, 2.45) is 5.73 Å².